The molecule has 0 fully saturated rings. The Hall–Kier alpha value is -1.13. The highest BCUT2D eigenvalue weighted by Crippen LogP contribution is 2.23. The van der Waals surface area contributed by atoms with E-state index in [9.17, 15) is 0 Å². The molecule has 0 saturated carbocycles. The van der Waals surface area contributed by atoms with Gasteiger partial charge in [0.25, 0.3) is 0 Å². The zero-order valence-electron chi connectivity index (χ0n) is 7.29. The Balaban J connectivity index is 2.37. The summed E-state index contributed by atoms with van der Waals surface area (Å²) >= 11 is 5.87. The van der Waals surface area contributed by atoms with Crippen LogP contribution in [0.1, 0.15) is 12.8 Å². The van der Waals surface area contributed by atoms with Crippen molar-refractivity contribution >= 4 is 11.6 Å². The molecule has 0 spiro atoms. The highest BCUT2D eigenvalue weighted by molar-refractivity contribution is 6.32. The van der Waals surface area contributed by atoms with Crippen LogP contribution >= 0.6 is 11.6 Å². The summed E-state index contributed by atoms with van der Waals surface area (Å²) in [7, 11) is 0. The first-order chi connectivity index (χ1) is 6.34. The highest BCUT2D eigenvalue weighted by atomic mass is 35.5. The number of terminal acetylenes is 1. The first-order valence-corrected chi connectivity index (χ1v) is 4.53. The van der Waals surface area contributed by atoms with Gasteiger partial charge in [-0.15, -0.1) is 12.3 Å². The minimum atomic E-state index is 0.619. The van der Waals surface area contributed by atoms with Gasteiger partial charge < -0.3 is 4.74 Å². The summed E-state index contributed by atoms with van der Waals surface area (Å²) < 4.78 is 5.41. The van der Waals surface area contributed by atoms with E-state index in [1.165, 1.54) is 0 Å². The standard InChI is InChI=1S/C11H11ClO/c1-2-3-6-9-13-11-8-5-4-7-10(11)12/h1,4-5,7-8H,3,6,9H2. The van der Waals surface area contributed by atoms with Crippen LogP contribution in [0.25, 0.3) is 0 Å². The lowest BCUT2D eigenvalue weighted by atomic mass is 10.3. The Morgan fingerprint density at radius 3 is 2.85 bits per heavy atom. The van der Waals surface area contributed by atoms with E-state index in [4.69, 9.17) is 22.8 Å². The summed E-state index contributed by atoms with van der Waals surface area (Å²) in [6, 6.07) is 7.41. The predicted octanol–water partition coefficient (Wildman–Crippen LogP) is 3.13. The van der Waals surface area contributed by atoms with Crippen LogP contribution in [0.15, 0.2) is 24.3 Å². The van der Waals surface area contributed by atoms with Gasteiger partial charge in [-0.05, 0) is 18.6 Å². The van der Waals surface area contributed by atoms with Crippen molar-refractivity contribution in [2.45, 2.75) is 12.8 Å². The van der Waals surface area contributed by atoms with E-state index in [1.54, 1.807) is 6.07 Å². The van der Waals surface area contributed by atoms with Gasteiger partial charge in [-0.2, -0.15) is 0 Å². The van der Waals surface area contributed by atoms with Crippen LogP contribution in [0.4, 0.5) is 0 Å². The number of para-hydroxylation sites is 1. The molecule has 0 atom stereocenters. The fourth-order valence-corrected chi connectivity index (χ4v) is 1.11. The third-order valence-electron chi connectivity index (χ3n) is 1.56. The van der Waals surface area contributed by atoms with Crippen LogP contribution in [-0.4, -0.2) is 6.61 Å². The zero-order valence-corrected chi connectivity index (χ0v) is 8.05. The summed E-state index contributed by atoms with van der Waals surface area (Å²) in [5.74, 6) is 3.28. The summed E-state index contributed by atoms with van der Waals surface area (Å²) in [6.45, 7) is 0.619. The van der Waals surface area contributed by atoms with Crippen LogP contribution in [0.5, 0.6) is 5.75 Å². The topological polar surface area (TPSA) is 9.23 Å². The molecule has 0 bridgehead atoms. The van der Waals surface area contributed by atoms with Crippen molar-refractivity contribution in [3.63, 3.8) is 0 Å². The molecule has 0 heterocycles. The second-order valence-corrected chi connectivity index (χ2v) is 2.99. The molecular weight excluding hydrogens is 184 g/mol. The number of rotatable bonds is 4. The molecule has 2 heteroatoms. The Morgan fingerprint density at radius 2 is 2.15 bits per heavy atom. The van der Waals surface area contributed by atoms with Gasteiger partial charge >= 0.3 is 0 Å². The molecule has 0 aliphatic rings. The summed E-state index contributed by atoms with van der Waals surface area (Å²) in [4.78, 5) is 0. The van der Waals surface area contributed by atoms with Crippen molar-refractivity contribution in [1.82, 2.24) is 0 Å². The molecule has 1 aromatic rings. The molecule has 1 nitrogen and oxygen atoms in total. The molecule has 0 aliphatic heterocycles. The fraction of sp³-hybridized carbons (Fsp3) is 0.273. The van der Waals surface area contributed by atoms with Crippen molar-refractivity contribution in [2.24, 2.45) is 0 Å². The van der Waals surface area contributed by atoms with E-state index in [2.05, 4.69) is 5.92 Å². The lowest BCUT2D eigenvalue weighted by Gasteiger charge is -2.05. The second-order valence-electron chi connectivity index (χ2n) is 2.59. The minimum Gasteiger partial charge on any atom is -0.492 e. The summed E-state index contributed by atoms with van der Waals surface area (Å²) in [5.41, 5.74) is 0. The fourth-order valence-electron chi connectivity index (χ4n) is 0.918. The molecule has 1 aromatic carbocycles. The van der Waals surface area contributed by atoms with Crippen molar-refractivity contribution in [2.75, 3.05) is 6.61 Å². The number of hydrogen-bond donors (Lipinski definition) is 0. The van der Waals surface area contributed by atoms with E-state index >= 15 is 0 Å². The first kappa shape index (κ1) is 9.95. The molecule has 0 aliphatic carbocycles. The Kier molecular flexibility index (Phi) is 4.21. The van der Waals surface area contributed by atoms with Gasteiger partial charge in [-0.1, -0.05) is 23.7 Å². The van der Waals surface area contributed by atoms with Crippen LogP contribution < -0.4 is 4.74 Å². The maximum absolute atomic E-state index is 5.87. The molecule has 68 valence electrons. The van der Waals surface area contributed by atoms with Gasteiger partial charge in [-0.3, -0.25) is 0 Å². The van der Waals surface area contributed by atoms with E-state index in [0.29, 0.717) is 11.6 Å². The monoisotopic (exact) mass is 194 g/mol. The molecule has 0 amide bonds. The van der Waals surface area contributed by atoms with Crippen molar-refractivity contribution in [1.29, 1.82) is 0 Å². The minimum absolute atomic E-state index is 0.619. The summed E-state index contributed by atoms with van der Waals surface area (Å²) in [6.07, 6.45) is 6.71. The number of unbranched alkanes of at least 4 members (excludes halogenated alkanes) is 1. The maximum atomic E-state index is 5.87. The smallest absolute Gasteiger partial charge is 0.137 e. The SMILES string of the molecule is C#CCCCOc1ccccc1Cl. The van der Waals surface area contributed by atoms with E-state index < -0.39 is 0 Å². The number of ether oxygens (including phenoxy) is 1. The van der Waals surface area contributed by atoms with Gasteiger partial charge in [0, 0.05) is 6.42 Å². The molecule has 0 radical (unpaired) electrons. The van der Waals surface area contributed by atoms with Crippen molar-refractivity contribution in [3.05, 3.63) is 29.3 Å². The van der Waals surface area contributed by atoms with Crippen LogP contribution in [0.3, 0.4) is 0 Å². The third kappa shape index (κ3) is 3.40. The molecule has 0 unspecified atom stereocenters. The average molecular weight is 195 g/mol. The molecule has 1 rings (SSSR count). The third-order valence-corrected chi connectivity index (χ3v) is 1.87. The zero-order chi connectivity index (χ0) is 9.52. The highest BCUT2D eigenvalue weighted by Gasteiger charge is 1.97. The average Bonchev–Trinajstić information content (AvgIpc) is 2.15. The molecule has 0 N–H and O–H groups in total. The number of hydrogen-bond acceptors (Lipinski definition) is 1. The number of halogens is 1. The quantitative estimate of drug-likeness (QED) is 0.529. The number of benzene rings is 1. The van der Waals surface area contributed by atoms with Gasteiger partial charge in [0.15, 0.2) is 0 Å². The Bertz CT molecular complexity index is 301. The van der Waals surface area contributed by atoms with Crippen molar-refractivity contribution < 1.29 is 4.74 Å². The predicted molar refractivity (Wildman–Crippen MR) is 55.0 cm³/mol. The van der Waals surface area contributed by atoms with Gasteiger partial charge in [0.1, 0.15) is 5.75 Å². The van der Waals surface area contributed by atoms with Crippen LogP contribution in [0, 0.1) is 12.3 Å². The van der Waals surface area contributed by atoms with Gasteiger partial charge in [-0.25, -0.2) is 0 Å². The van der Waals surface area contributed by atoms with Gasteiger partial charge in [0.05, 0.1) is 11.6 Å². The molecule has 13 heavy (non-hydrogen) atoms. The first-order valence-electron chi connectivity index (χ1n) is 4.15. The van der Waals surface area contributed by atoms with E-state index in [1.807, 2.05) is 18.2 Å². The van der Waals surface area contributed by atoms with E-state index in [-0.39, 0.29) is 0 Å². The van der Waals surface area contributed by atoms with E-state index in [0.717, 1.165) is 18.6 Å². The largest absolute Gasteiger partial charge is 0.492 e. The Morgan fingerprint density at radius 1 is 1.38 bits per heavy atom. The van der Waals surface area contributed by atoms with Gasteiger partial charge in [0.2, 0.25) is 0 Å². The maximum Gasteiger partial charge on any atom is 0.137 e. The molecule has 0 aromatic heterocycles. The van der Waals surface area contributed by atoms with Crippen LogP contribution in [0.2, 0.25) is 5.02 Å². The van der Waals surface area contributed by atoms with Crippen molar-refractivity contribution in [3.8, 4) is 18.1 Å². The lowest BCUT2D eigenvalue weighted by molar-refractivity contribution is 0.313. The molecular formula is C11H11ClO. The molecule has 0 saturated heterocycles. The Labute approximate surface area is 83.7 Å². The normalized spacial score (nSPS) is 9.23. The lowest BCUT2D eigenvalue weighted by Crippen LogP contribution is -1.96. The van der Waals surface area contributed by atoms with Crippen LogP contribution in [-0.2, 0) is 0 Å². The second kappa shape index (κ2) is 5.50. The summed E-state index contributed by atoms with van der Waals surface area (Å²) in [5, 5.41) is 0.642.